The van der Waals surface area contributed by atoms with Crippen LogP contribution in [0.3, 0.4) is 0 Å². The highest BCUT2D eigenvalue weighted by atomic mass is 31.2. The first-order valence-corrected chi connectivity index (χ1v) is 23.9. The number of carbonyl (C=O) groups excluding carboxylic acids is 2. The molecular formula is C45H83O11P. The maximum absolute atomic E-state index is 12.6. The van der Waals surface area contributed by atoms with Crippen LogP contribution in [0.5, 0.6) is 0 Å². The van der Waals surface area contributed by atoms with Gasteiger partial charge in [-0.3, -0.25) is 18.6 Å². The highest BCUT2D eigenvalue weighted by Gasteiger charge is 2.27. The molecule has 0 amide bonds. The molecule has 0 aromatic heterocycles. The highest BCUT2D eigenvalue weighted by Crippen LogP contribution is 2.43. The van der Waals surface area contributed by atoms with Gasteiger partial charge in [-0.2, -0.15) is 0 Å². The van der Waals surface area contributed by atoms with Crippen molar-refractivity contribution in [3.8, 4) is 0 Å². The number of hydrogen-bond donors (Lipinski definition) is 4. The van der Waals surface area contributed by atoms with Crippen molar-refractivity contribution in [1.29, 1.82) is 0 Å². The summed E-state index contributed by atoms with van der Waals surface area (Å²) >= 11 is 0. The van der Waals surface area contributed by atoms with E-state index in [0.29, 0.717) is 19.3 Å². The van der Waals surface area contributed by atoms with E-state index in [0.717, 1.165) is 63.7 Å². The Morgan fingerprint density at radius 1 is 0.632 bits per heavy atom. The van der Waals surface area contributed by atoms with Gasteiger partial charge in [0.25, 0.3) is 0 Å². The Morgan fingerprint density at radius 2 is 1.14 bits per heavy atom. The van der Waals surface area contributed by atoms with E-state index in [1.807, 2.05) is 24.3 Å². The standard InChI is InChI=1S/C45H83O11P/c1-4-5-26-32-41(47)33-28-23-19-15-13-17-21-25-30-35-45(50)56-43(39-55-57(51,52)54-37-42(48)36-46)38-53-44(49)34-29-24-20-16-12-10-8-6-7-9-11-14-18-22-27-31-40(2)3/h5,19,23,26,28,33,40-43,46-48H,4,6-18,20-22,24-25,27,29-32,34-39H2,1-3H3,(H,51,52)/b23-19+,26-5+,33-28+/t41?,42-,43+/m0/s1. The van der Waals surface area contributed by atoms with Crippen molar-refractivity contribution in [3.05, 3.63) is 36.5 Å². The average Bonchev–Trinajstić information content (AvgIpc) is 3.18. The first-order chi connectivity index (χ1) is 27.5. The van der Waals surface area contributed by atoms with Crippen LogP contribution in [-0.4, -0.2) is 76.9 Å². The topological polar surface area (TPSA) is 169 Å². The Hall–Kier alpha value is -1.85. The van der Waals surface area contributed by atoms with Gasteiger partial charge in [0.05, 0.1) is 25.9 Å². The molecule has 0 rings (SSSR count). The third kappa shape index (κ3) is 40.7. The van der Waals surface area contributed by atoms with Crippen LogP contribution in [0.1, 0.15) is 188 Å². The number of phosphoric ester groups is 1. The lowest BCUT2D eigenvalue weighted by molar-refractivity contribution is -0.161. The van der Waals surface area contributed by atoms with Crippen LogP contribution in [0.2, 0.25) is 0 Å². The van der Waals surface area contributed by atoms with Crippen LogP contribution in [0.15, 0.2) is 36.5 Å². The molecule has 0 aliphatic rings. The second kappa shape index (κ2) is 39.6. The second-order valence-corrected chi connectivity index (χ2v) is 17.2. The van der Waals surface area contributed by atoms with Crippen molar-refractivity contribution in [3.63, 3.8) is 0 Å². The minimum absolute atomic E-state index is 0.139. The lowest BCUT2D eigenvalue weighted by atomic mass is 10.0. The molecule has 0 aliphatic heterocycles. The predicted molar refractivity (Wildman–Crippen MR) is 230 cm³/mol. The molecule has 0 saturated heterocycles. The Morgan fingerprint density at radius 3 is 1.68 bits per heavy atom. The molecule has 0 bridgehead atoms. The minimum atomic E-state index is -4.64. The Labute approximate surface area is 346 Å². The molecule has 0 saturated carbocycles. The van der Waals surface area contributed by atoms with Crippen LogP contribution in [0.25, 0.3) is 0 Å². The molecule has 0 aliphatic carbocycles. The Balaban J connectivity index is 4.31. The molecule has 4 atom stereocenters. The molecule has 0 aromatic carbocycles. The van der Waals surface area contributed by atoms with Gasteiger partial charge >= 0.3 is 19.8 Å². The number of esters is 2. The molecule has 0 spiro atoms. The quantitative estimate of drug-likeness (QED) is 0.0152. The van der Waals surface area contributed by atoms with Crippen LogP contribution in [0, 0.1) is 5.92 Å². The van der Waals surface area contributed by atoms with E-state index in [4.69, 9.17) is 19.1 Å². The molecule has 0 fully saturated rings. The molecule has 0 radical (unpaired) electrons. The Bertz CT molecular complexity index is 1080. The molecular weight excluding hydrogens is 747 g/mol. The second-order valence-electron chi connectivity index (χ2n) is 15.7. The Kier molecular flexibility index (Phi) is 38.3. The zero-order valence-electron chi connectivity index (χ0n) is 36.1. The van der Waals surface area contributed by atoms with Gasteiger partial charge in [-0.1, -0.05) is 173 Å². The summed E-state index contributed by atoms with van der Waals surface area (Å²) in [7, 11) is -4.64. The van der Waals surface area contributed by atoms with Crippen molar-refractivity contribution in [1.82, 2.24) is 0 Å². The largest absolute Gasteiger partial charge is 0.472 e. The maximum atomic E-state index is 12.6. The van der Waals surface area contributed by atoms with Crippen molar-refractivity contribution in [2.45, 2.75) is 206 Å². The number of hydrogen-bond acceptors (Lipinski definition) is 10. The van der Waals surface area contributed by atoms with Gasteiger partial charge in [-0.05, 0) is 44.4 Å². The SMILES string of the molecule is CC/C=C/CC(O)/C=C/C=C/CCCCCCCC(=O)O[C@H](COC(=O)CCCCCCCCCCCCCCCCCC(C)C)COP(=O)(O)OC[C@@H](O)CO. The van der Waals surface area contributed by atoms with Crippen molar-refractivity contribution in [2.75, 3.05) is 26.4 Å². The number of aliphatic hydroxyl groups excluding tert-OH is 3. The van der Waals surface area contributed by atoms with Crippen LogP contribution < -0.4 is 0 Å². The summed E-state index contributed by atoms with van der Waals surface area (Å²) in [5, 5.41) is 28.2. The van der Waals surface area contributed by atoms with Gasteiger partial charge < -0.3 is 29.7 Å². The van der Waals surface area contributed by atoms with Gasteiger partial charge in [0.1, 0.15) is 12.7 Å². The van der Waals surface area contributed by atoms with Crippen LogP contribution >= 0.6 is 7.82 Å². The summed E-state index contributed by atoms with van der Waals surface area (Å²) in [5.74, 6) is -0.148. The number of phosphoric acid groups is 1. The lowest BCUT2D eigenvalue weighted by Crippen LogP contribution is -2.29. The average molecular weight is 831 g/mol. The fourth-order valence-corrected chi connectivity index (χ4v) is 6.89. The van der Waals surface area contributed by atoms with Crippen molar-refractivity contribution in [2.24, 2.45) is 5.92 Å². The molecule has 11 nitrogen and oxygen atoms in total. The molecule has 57 heavy (non-hydrogen) atoms. The summed E-state index contributed by atoms with van der Waals surface area (Å²) in [5.41, 5.74) is 0. The lowest BCUT2D eigenvalue weighted by Gasteiger charge is -2.20. The zero-order valence-corrected chi connectivity index (χ0v) is 37.0. The van der Waals surface area contributed by atoms with E-state index >= 15 is 0 Å². The number of carbonyl (C=O) groups is 2. The van der Waals surface area contributed by atoms with Crippen molar-refractivity contribution < 1.29 is 52.9 Å². The van der Waals surface area contributed by atoms with Gasteiger partial charge in [-0.15, -0.1) is 0 Å². The summed E-state index contributed by atoms with van der Waals surface area (Å²) in [6, 6.07) is 0. The third-order valence-corrected chi connectivity index (χ3v) is 10.5. The van der Waals surface area contributed by atoms with Crippen molar-refractivity contribution >= 4 is 19.8 Å². The van der Waals surface area contributed by atoms with E-state index < -0.39 is 57.9 Å². The molecule has 2 unspecified atom stereocenters. The van der Waals surface area contributed by atoms with E-state index in [-0.39, 0.29) is 19.4 Å². The zero-order chi connectivity index (χ0) is 42.2. The van der Waals surface area contributed by atoms with Gasteiger partial charge in [0, 0.05) is 12.8 Å². The fourth-order valence-electron chi connectivity index (χ4n) is 6.10. The van der Waals surface area contributed by atoms with Gasteiger partial charge in [0.15, 0.2) is 6.10 Å². The van der Waals surface area contributed by atoms with E-state index in [2.05, 4.69) is 31.4 Å². The molecule has 334 valence electrons. The van der Waals surface area contributed by atoms with Gasteiger partial charge in [0.2, 0.25) is 0 Å². The van der Waals surface area contributed by atoms with Crippen LogP contribution in [0.4, 0.5) is 0 Å². The first-order valence-electron chi connectivity index (χ1n) is 22.4. The number of allylic oxidation sites excluding steroid dienone is 4. The third-order valence-electron chi connectivity index (χ3n) is 9.57. The van der Waals surface area contributed by atoms with E-state index in [1.54, 1.807) is 6.08 Å². The smallest absolute Gasteiger partial charge is 0.462 e. The monoisotopic (exact) mass is 831 g/mol. The molecule has 0 aromatic rings. The summed E-state index contributed by atoms with van der Waals surface area (Å²) in [4.78, 5) is 35.0. The molecule has 4 N–H and O–H groups in total. The minimum Gasteiger partial charge on any atom is -0.462 e. The first kappa shape index (κ1) is 55.2. The van der Waals surface area contributed by atoms with Gasteiger partial charge in [-0.25, -0.2) is 4.57 Å². The summed E-state index contributed by atoms with van der Waals surface area (Å²) in [6.07, 6.45) is 35.9. The number of aliphatic hydroxyl groups is 3. The van der Waals surface area contributed by atoms with Crippen LogP contribution in [-0.2, 0) is 32.7 Å². The number of rotatable bonds is 41. The predicted octanol–water partition coefficient (Wildman–Crippen LogP) is 10.8. The molecule has 0 heterocycles. The number of ether oxygens (including phenoxy) is 2. The van der Waals surface area contributed by atoms with E-state index in [9.17, 15) is 29.3 Å². The normalized spacial score (nSPS) is 14.8. The number of unbranched alkanes of at least 4 members (excludes halogenated alkanes) is 19. The fraction of sp³-hybridized carbons (Fsp3) is 0.822. The maximum Gasteiger partial charge on any atom is 0.472 e. The van der Waals surface area contributed by atoms with E-state index in [1.165, 1.54) is 77.0 Å². The molecule has 12 heteroatoms. The summed E-state index contributed by atoms with van der Waals surface area (Å²) < 4.78 is 32.7. The highest BCUT2D eigenvalue weighted by molar-refractivity contribution is 7.47. The summed E-state index contributed by atoms with van der Waals surface area (Å²) in [6.45, 7) is 4.48.